The van der Waals surface area contributed by atoms with E-state index in [0.717, 1.165) is 38.9 Å². The van der Waals surface area contributed by atoms with E-state index >= 15 is 0 Å². The van der Waals surface area contributed by atoms with Crippen molar-refractivity contribution in [3.63, 3.8) is 0 Å². The van der Waals surface area contributed by atoms with Crippen molar-refractivity contribution in [2.24, 2.45) is 0 Å². The lowest BCUT2D eigenvalue weighted by atomic mass is 9.81. The maximum absolute atomic E-state index is 6.59. The third-order valence-corrected chi connectivity index (χ3v) is 8.28. The smallest absolute Gasteiger partial charge is 0.160 e. The summed E-state index contributed by atoms with van der Waals surface area (Å²) < 4.78 is 14.5. The molecule has 0 saturated heterocycles. The zero-order chi connectivity index (χ0) is 24.9. The molecule has 0 radical (unpaired) electrons. The number of furan rings is 1. The zero-order valence-electron chi connectivity index (χ0n) is 21.0. The standard InChI is InChI=1S/C34H25NO2/c1-34(2)28-10-6-4-8-22(28)24-16-17-25-26-18-19-27-23-9-5-7-11-29(23)37-33(27)32(26)35(31(25)30(24)34)20-12-14-21(36-3)15-13-20/h4-19H,1-3H3. The van der Waals surface area contributed by atoms with E-state index in [9.17, 15) is 0 Å². The molecule has 0 saturated carbocycles. The topological polar surface area (TPSA) is 27.3 Å². The molecule has 3 heteroatoms. The third-order valence-electron chi connectivity index (χ3n) is 8.28. The molecule has 1 aliphatic rings. The minimum atomic E-state index is -0.142. The number of nitrogens with zero attached hydrogens (tertiary/aromatic N) is 1. The van der Waals surface area contributed by atoms with Gasteiger partial charge in [-0.05, 0) is 58.7 Å². The summed E-state index contributed by atoms with van der Waals surface area (Å²) in [6.45, 7) is 4.70. The van der Waals surface area contributed by atoms with Crippen molar-refractivity contribution in [2.45, 2.75) is 19.3 Å². The second-order valence-electron chi connectivity index (χ2n) is 10.5. The highest BCUT2D eigenvalue weighted by Crippen LogP contribution is 2.53. The molecule has 0 bridgehead atoms. The van der Waals surface area contributed by atoms with Crippen molar-refractivity contribution >= 4 is 43.7 Å². The van der Waals surface area contributed by atoms with Gasteiger partial charge in [0.1, 0.15) is 11.3 Å². The first-order valence-electron chi connectivity index (χ1n) is 12.7. The van der Waals surface area contributed by atoms with Crippen molar-refractivity contribution in [1.82, 2.24) is 4.57 Å². The van der Waals surface area contributed by atoms with Gasteiger partial charge in [0.15, 0.2) is 5.58 Å². The number of hydrogen-bond donors (Lipinski definition) is 0. The molecule has 3 nitrogen and oxygen atoms in total. The minimum Gasteiger partial charge on any atom is -0.497 e. The van der Waals surface area contributed by atoms with Gasteiger partial charge in [-0.3, -0.25) is 0 Å². The fraction of sp³-hybridized carbons (Fsp3) is 0.118. The highest BCUT2D eigenvalue weighted by atomic mass is 16.5. The van der Waals surface area contributed by atoms with E-state index in [2.05, 4.69) is 97.3 Å². The van der Waals surface area contributed by atoms with E-state index in [1.54, 1.807) is 7.11 Å². The normalized spacial score (nSPS) is 14.0. The Bertz CT molecular complexity index is 2040. The number of para-hydroxylation sites is 1. The molecule has 0 amide bonds. The lowest BCUT2D eigenvalue weighted by Crippen LogP contribution is -2.16. The summed E-state index contributed by atoms with van der Waals surface area (Å²) in [5, 5.41) is 4.73. The molecule has 0 aliphatic heterocycles. The summed E-state index contributed by atoms with van der Waals surface area (Å²) in [4.78, 5) is 0. The van der Waals surface area contributed by atoms with Crippen LogP contribution in [0.3, 0.4) is 0 Å². The third kappa shape index (κ3) is 2.56. The van der Waals surface area contributed by atoms with Gasteiger partial charge < -0.3 is 13.7 Å². The van der Waals surface area contributed by atoms with Crippen LogP contribution in [0.4, 0.5) is 0 Å². The number of aromatic nitrogens is 1. The minimum absolute atomic E-state index is 0.142. The number of hydrogen-bond acceptors (Lipinski definition) is 2. The molecule has 0 N–H and O–H groups in total. The van der Waals surface area contributed by atoms with E-state index in [0.29, 0.717) is 0 Å². The number of fused-ring (bicyclic) bond motifs is 11. The second-order valence-corrected chi connectivity index (χ2v) is 10.5. The van der Waals surface area contributed by atoms with Gasteiger partial charge in [0.2, 0.25) is 0 Å². The van der Waals surface area contributed by atoms with Crippen LogP contribution in [-0.2, 0) is 5.41 Å². The highest BCUT2D eigenvalue weighted by molar-refractivity contribution is 6.22. The Hall–Kier alpha value is -4.50. The first-order valence-corrected chi connectivity index (χ1v) is 12.7. The molecule has 0 atom stereocenters. The Morgan fingerprint density at radius 2 is 1.35 bits per heavy atom. The van der Waals surface area contributed by atoms with Crippen LogP contribution in [-0.4, -0.2) is 11.7 Å². The van der Waals surface area contributed by atoms with E-state index in [1.807, 2.05) is 18.2 Å². The van der Waals surface area contributed by atoms with Crippen molar-refractivity contribution in [2.75, 3.05) is 7.11 Å². The number of rotatable bonds is 2. The predicted molar refractivity (Wildman–Crippen MR) is 152 cm³/mol. The Balaban J connectivity index is 1.61. The molecular formula is C34H25NO2. The lowest BCUT2D eigenvalue weighted by molar-refractivity contribution is 0.415. The monoisotopic (exact) mass is 479 g/mol. The van der Waals surface area contributed by atoms with Crippen LogP contribution in [0.2, 0.25) is 0 Å². The predicted octanol–water partition coefficient (Wildman–Crippen LogP) is 9.00. The van der Waals surface area contributed by atoms with Gasteiger partial charge in [-0.1, -0.05) is 74.5 Å². The Morgan fingerprint density at radius 1 is 0.649 bits per heavy atom. The van der Waals surface area contributed by atoms with Gasteiger partial charge in [0, 0.05) is 32.6 Å². The molecular weight excluding hydrogens is 454 g/mol. The lowest BCUT2D eigenvalue weighted by Gasteiger charge is -2.23. The molecule has 7 aromatic rings. The molecule has 8 rings (SSSR count). The zero-order valence-corrected chi connectivity index (χ0v) is 21.0. The molecule has 2 heterocycles. The van der Waals surface area contributed by atoms with Crippen molar-refractivity contribution < 1.29 is 9.15 Å². The van der Waals surface area contributed by atoms with E-state index in [4.69, 9.17) is 9.15 Å². The Labute approximate surface area is 214 Å². The van der Waals surface area contributed by atoms with Crippen LogP contribution in [0, 0.1) is 0 Å². The molecule has 0 spiro atoms. The summed E-state index contributed by atoms with van der Waals surface area (Å²) >= 11 is 0. The summed E-state index contributed by atoms with van der Waals surface area (Å²) in [6.07, 6.45) is 0. The molecule has 1 aliphatic carbocycles. The van der Waals surface area contributed by atoms with Gasteiger partial charge in [-0.25, -0.2) is 0 Å². The van der Waals surface area contributed by atoms with Crippen LogP contribution in [0.15, 0.2) is 101 Å². The quantitative estimate of drug-likeness (QED) is 0.247. The van der Waals surface area contributed by atoms with E-state index in [-0.39, 0.29) is 5.41 Å². The highest BCUT2D eigenvalue weighted by Gasteiger charge is 2.38. The first kappa shape index (κ1) is 20.7. The fourth-order valence-corrected chi connectivity index (χ4v) is 6.61. The number of ether oxygens (including phenoxy) is 1. The van der Waals surface area contributed by atoms with Gasteiger partial charge in [-0.15, -0.1) is 0 Å². The average molecular weight is 480 g/mol. The number of benzene rings is 5. The Kier molecular flexibility index (Phi) is 3.93. The summed E-state index contributed by atoms with van der Waals surface area (Å²) in [5.74, 6) is 0.844. The molecule has 178 valence electrons. The molecule has 2 aromatic heterocycles. The van der Waals surface area contributed by atoms with Crippen LogP contribution in [0.25, 0.3) is 60.6 Å². The molecule has 37 heavy (non-hydrogen) atoms. The fourth-order valence-electron chi connectivity index (χ4n) is 6.61. The molecule has 0 fully saturated rings. The van der Waals surface area contributed by atoms with Crippen LogP contribution in [0.5, 0.6) is 5.75 Å². The van der Waals surface area contributed by atoms with E-state index < -0.39 is 0 Å². The van der Waals surface area contributed by atoms with Crippen molar-refractivity contribution in [1.29, 1.82) is 0 Å². The first-order chi connectivity index (χ1) is 18.1. The largest absolute Gasteiger partial charge is 0.497 e. The maximum atomic E-state index is 6.59. The van der Waals surface area contributed by atoms with Gasteiger partial charge in [0.25, 0.3) is 0 Å². The summed E-state index contributed by atoms with van der Waals surface area (Å²) in [5.41, 5.74) is 10.5. The number of methoxy groups -OCH3 is 1. The Morgan fingerprint density at radius 3 is 2.19 bits per heavy atom. The SMILES string of the molecule is COc1ccc(-n2c3c4c(ccc3c3ccc5c6ccccc6oc5c32)-c2ccccc2C4(C)C)cc1. The van der Waals surface area contributed by atoms with E-state index in [1.165, 1.54) is 38.5 Å². The molecule has 5 aromatic carbocycles. The van der Waals surface area contributed by atoms with Crippen LogP contribution in [0.1, 0.15) is 25.0 Å². The average Bonchev–Trinajstić information content (AvgIpc) is 3.55. The van der Waals surface area contributed by atoms with Crippen LogP contribution < -0.4 is 4.74 Å². The van der Waals surface area contributed by atoms with Crippen molar-refractivity contribution in [3.05, 3.63) is 108 Å². The summed E-state index contributed by atoms with van der Waals surface area (Å²) in [7, 11) is 1.71. The van der Waals surface area contributed by atoms with Gasteiger partial charge >= 0.3 is 0 Å². The summed E-state index contributed by atoms with van der Waals surface area (Å²) in [6, 6.07) is 34.6. The van der Waals surface area contributed by atoms with Gasteiger partial charge in [-0.2, -0.15) is 0 Å². The maximum Gasteiger partial charge on any atom is 0.160 e. The molecule has 0 unspecified atom stereocenters. The van der Waals surface area contributed by atoms with Gasteiger partial charge in [0.05, 0.1) is 18.1 Å². The van der Waals surface area contributed by atoms with Crippen molar-refractivity contribution in [3.8, 4) is 22.6 Å². The second kappa shape index (κ2) is 7.04. The van der Waals surface area contributed by atoms with Crippen LogP contribution >= 0.6 is 0 Å².